The van der Waals surface area contributed by atoms with E-state index in [1.54, 1.807) is 0 Å². The molecule has 172 valence electrons. The zero-order valence-electron chi connectivity index (χ0n) is 18.8. The first-order valence-corrected chi connectivity index (χ1v) is 12.9. The highest BCUT2D eigenvalue weighted by molar-refractivity contribution is 5.83. The molecule has 0 aliphatic heterocycles. The first-order valence-electron chi connectivity index (χ1n) is 12.9. The smallest absolute Gasteiger partial charge is 0.139 e. The van der Waals surface area contributed by atoms with Gasteiger partial charge in [-0.15, -0.1) is 0 Å². The Balaban J connectivity index is 1.13. The van der Waals surface area contributed by atoms with Crippen molar-refractivity contribution in [2.24, 2.45) is 23.3 Å². The van der Waals surface area contributed by atoms with E-state index in [0.29, 0.717) is 42.3 Å². The minimum atomic E-state index is 0.270. The molecule has 0 radical (unpaired) electrons. The van der Waals surface area contributed by atoms with Crippen LogP contribution in [0.3, 0.4) is 0 Å². The molecular weight excluding hydrogens is 376 g/mol. The lowest BCUT2D eigenvalue weighted by molar-refractivity contribution is -0.132. The summed E-state index contributed by atoms with van der Waals surface area (Å²) in [6.07, 6.45) is 18.7. The van der Waals surface area contributed by atoms with Crippen molar-refractivity contribution in [1.29, 1.82) is 0 Å². The van der Waals surface area contributed by atoms with E-state index < -0.39 is 0 Å². The molecule has 4 fully saturated rings. The number of hydrogen-bond donors (Lipinski definition) is 2. The monoisotopic (exact) mass is 420 g/mol. The second-order valence-electron chi connectivity index (χ2n) is 10.7. The van der Waals surface area contributed by atoms with Crippen LogP contribution in [0.25, 0.3) is 0 Å². The quantitative estimate of drug-likeness (QED) is 0.671. The molecule has 0 amide bonds. The summed E-state index contributed by atoms with van der Waals surface area (Å²) < 4.78 is 12.7. The fraction of sp³-hybridized carbons (Fsp3) is 0.960. The summed E-state index contributed by atoms with van der Waals surface area (Å²) in [5.41, 5.74) is 12.0. The molecule has 5 heteroatoms. The van der Waals surface area contributed by atoms with Crippen molar-refractivity contribution >= 4 is 5.78 Å². The zero-order valence-corrected chi connectivity index (χ0v) is 18.8. The standard InChI is InChI=1S/C25H44N2O3/c26-19-5-13-23(14-6-19)29-21-9-1-17(2-10-21)25(28)18-3-11-22(12-4-18)30-24-15-7-20(27)8-16-24/h17-24H,1-16,26-27H2. The Kier molecular flexibility index (Phi) is 8.24. The van der Waals surface area contributed by atoms with Crippen LogP contribution in [0.4, 0.5) is 0 Å². The highest BCUT2D eigenvalue weighted by atomic mass is 16.5. The molecule has 0 saturated heterocycles. The summed E-state index contributed by atoms with van der Waals surface area (Å²) in [4.78, 5) is 13.1. The van der Waals surface area contributed by atoms with Gasteiger partial charge in [0.2, 0.25) is 0 Å². The number of Topliss-reactive ketones (excluding diaryl/α,β-unsaturated/α-hetero) is 1. The van der Waals surface area contributed by atoms with Gasteiger partial charge < -0.3 is 20.9 Å². The van der Waals surface area contributed by atoms with Crippen LogP contribution in [0, 0.1) is 11.8 Å². The van der Waals surface area contributed by atoms with Crippen molar-refractivity contribution in [1.82, 2.24) is 0 Å². The number of hydrogen-bond acceptors (Lipinski definition) is 5. The average Bonchev–Trinajstić information content (AvgIpc) is 2.77. The number of carbonyl (C=O) groups is 1. The molecule has 4 rings (SSSR count). The summed E-state index contributed by atoms with van der Waals surface area (Å²) in [7, 11) is 0. The highest BCUT2D eigenvalue weighted by Crippen LogP contribution is 2.36. The van der Waals surface area contributed by atoms with Gasteiger partial charge in [-0.3, -0.25) is 4.79 Å². The number of carbonyl (C=O) groups excluding carboxylic acids is 1. The second-order valence-corrected chi connectivity index (χ2v) is 10.7. The predicted molar refractivity (Wildman–Crippen MR) is 119 cm³/mol. The molecule has 0 aromatic rings. The molecule has 0 atom stereocenters. The fourth-order valence-corrected chi connectivity index (χ4v) is 6.29. The molecule has 30 heavy (non-hydrogen) atoms. The highest BCUT2D eigenvalue weighted by Gasteiger charge is 2.35. The predicted octanol–water partition coefficient (Wildman–Crippen LogP) is 4.25. The molecule has 0 aromatic carbocycles. The molecule has 4 aliphatic rings. The molecule has 4 N–H and O–H groups in total. The Bertz CT molecular complexity index is 479. The van der Waals surface area contributed by atoms with Crippen LogP contribution < -0.4 is 11.5 Å². The Morgan fingerprint density at radius 3 is 1.03 bits per heavy atom. The Hall–Kier alpha value is -0.490. The Labute approximate surface area is 183 Å². The van der Waals surface area contributed by atoms with Crippen molar-refractivity contribution in [3.63, 3.8) is 0 Å². The van der Waals surface area contributed by atoms with Crippen molar-refractivity contribution < 1.29 is 14.3 Å². The normalized spacial score (nSPS) is 43.3. The molecule has 0 aromatic heterocycles. The van der Waals surface area contributed by atoms with Crippen LogP contribution in [-0.2, 0) is 14.3 Å². The Morgan fingerprint density at radius 1 is 0.467 bits per heavy atom. The third kappa shape index (κ3) is 6.27. The van der Waals surface area contributed by atoms with Gasteiger partial charge in [-0.25, -0.2) is 0 Å². The molecule has 0 unspecified atom stereocenters. The van der Waals surface area contributed by atoms with Gasteiger partial charge in [0.15, 0.2) is 0 Å². The van der Waals surface area contributed by atoms with Gasteiger partial charge in [0.05, 0.1) is 24.4 Å². The summed E-state index contributed by atoms with van der Waals surface area (Å²) in [5.74, 6) is 1.08. The van der Waals surface area contributed by atoms with Crippen molar-refractivity contribution in [3.05, 3.63) is 0 Å². The molecular formula is C25H44N2O3. The third-order valence-electron chi connectivity index (χ3n) is 8.36. The maximum Gasteiger partial charge on any atom is 0.139 e. The first kappa shape index (κ1) is 22.7. The van der Waals surface area contributed by atoms with E-state index in [4.69, 9.17) is 20.9 Å². The van der Waals surface area contributed by atoms with Crippen molar-refractivity contribution in [2.45, 2.75) is 139 Å². The summed E-state index contributed by atoms with van der Waals surface area (Å²) in [6.45, 7) is 0. The van der Waals surface area contributed by atoms with E-state index in [1.165, 1.54) is 0 Å². The number of ketones is 1. The maximum absolute atomic E-state index is 13.1. The van der Waals surface area contributed by atoms with E-state index in [0.717, 1.165) is 103 Å². The van der Waals surface area contributed by atoms with Gasteiger partial charge >= 0.3 is 0 Å². The molecule has 4 saturated carbocycles. The third-order valence-corrected chi connectivity index (χ3v) is 8.36. The van der Waals surface area contributed by atoms with Gasteiger partial charge in [0.1, 0.15) is 5.78 Å². The van der Waals surface area contributed by atoms with Gasteiger partial charge in [-0.05, 0) is 103 Å². The van der Waals surface area contributed by atoms with Crippen LogP contribution in [0.2, 0.25) is 0 Å². The molecule has 0 bridgehead atoms. The average molecular weight is 421 g/mol. The van der Waals surface area contributed by atoms with Gasteiger partial charge in [-0.2, -0.15) is 0 Å². The fourth-order valence-electron chi connectivity index (χ4n) is 6.29. The maximum atomic E-state index is 13.1. The lowest BCUT2D eigenvalue weighted by atomic mass is 9.75. The topological polar surface area (TPSA) is 87.6 Å². The van der Waals surface area contributed by atoms with Crippen molar-refractivity contribution in [2.75, 3.05) is 0 Å². The van der Waals surface area contributed by atoms with E-state index in [2.05, 4.69) is 0 Å². The van der Waals surface area contributed by atoms with Gasteiger partial charge in [0, 0.05) is 23.9 Å². The number of ether oxygens (including phenoxy) is 2. The Morgan fingerprint density at radius 2 is 0.733 bits per heavy atom. The molecule has 4 aliphatic carbocycles. The van der Waals surface area contributed by atoms with Crippen LogP contribution in [0.15, 0.2) is 0 Å². The van der Waals surface area contributed by atoms with Crippen LogP contribution >= 0.6 is 0 Å². The van der Waals surface area contributed by atoms with Crippen LogP contribution in [0.1, 0.15) is 103 Å². The van der Waals surface area contributed by atoms with Crippen LogP contribution in [-0.4, -0.2) is 42.3 Å². The van der Waals surface area contributed by atoms with Crippen LogP contribution in [0.5, 0.6) is 0 Å². The zero-order chi connectivity index (χ0) is 20.9. The molecule has 5 nitrogen and oxygen atoms in total. The largest absolute Gasteiger partial charge is 0.375 e. The summed E-state index contributed by atoms with van der Waals surface area (Å²) in [6, 6.07) is 0.749. The lowest BCUT2D eigenvalue weighted by Crippen LogP contribution is -2.37. The van der Waals surface area contributed by atoms with Gasteiger partial charge in [-0.1, -0.05) is 0 Å². The lowest BCUT2D eigenvalue weighted by Gasteiger charge is -2.36. The summed E-state index contributed by atoms with van der Waals surface area (Å²) >= 11 is 0. The minimum Gasteiger partial charge on any atom is -0.375 e. The van der Waals surface area contributed by atoms with Gasteiger partial charge in [0.25, 0.3) is 0 Å². The molecule has 0 spiro atoms. The second kappa shape index (κ2) is 10.9. The van der Waals surface area contributed by atoms with E-state index >= 15 is 0 Å². The molecule has 0 heterocycles. The van der Waals surface area contributed by atoms with E-state index in [1.807, 2.05) is 0 Å². The van der Waals surface area contributed by atoms with Crippen molar-refractivity contribution in [3.8, 4) is 0 Å². The summed E-state index contributed by atoms with van der Waals surface area (Å²) in [5, 5.41) is 0. The number of nitrogens with two attached hydrogens (primary N) is 2. The first-order chi connectivity index (χ1) is 14.6. The van der Waals surface area contributed by atoms with E-state index in [9.17, 15) is 4.79 Å². The SMILES string of the molecule is NC1CCC(OC2CCC(C(=O)C3CCC(OC4CCC(N)CC4)CC3)CC2)CC1. The van der Waals surface area contributed by atoms with E-state index in [-0.39, 0.29) is 11.8 Å². The minimum absolute atomic E-state index is 0.270. The number of rotatable bonds is 6.